The normalized spacial score (nSPS) is 34.6. The molecule has 1 aliphatic carbocycles. The Morgan fingerprint density at radius 1 is 1.38 bits per heavy atom. The van der Waals surface area contributed by atoms with E-state index in [0.717, 1.165) is 0 Å². The summed E-state index contributed by atoms with van der Waals surface area (Å²) >= 11 is 7.51. The van der Waals surface area contributed by atoms with Crippen molar-refractivity contribution in [3.8, 4) is 0 Å². The molecule has 4 atom stereocenters. The smallest absolute Gasteiger partial charge is 0.104 e. The van der Waals surface area contributed by atoms with Crippen molar-refractivity contribution >= 4 is 31.9 Å². The van der Waals surface area contributed by atoms with Crippen LogP contribution in [0.4, 0.5) is 0 Å². The molecule has 1 aliphatic heterocycles. The average molecular weight is 347 g/mol. The van der Waals surface area contributed by atoms with Crippen LogP contribution in [0.15, 0.2) is 35.6 Å². The van der Waals surface area contributed by atoms with E-state index < -0.39 is 0 Å². The van der Waals surface area contributed by atoms with E-state index in [1.165, 1.54) is 17.6 Å². The van der Waals surface area contributed by atoms with Crippen LogP contribution in [0.1, 0.15) is 20.3 Å². The zero-order valence-electron chi connectivity index (χ0n) is 9.58. The summed E-state index contributed by atoms with van der Waals surface area (Å²) < 4.78 is 0. The van der Waals surface area contributed by atoms with Gasteiger partial charge in [0.1, 0.15) is 4.95 Å². The van der Waals surface area contributed by atoms with Crippen molar-refractivity contribution in [2.24, 2.45) is 11.8 Å². The van der Waals surface area contributed by atoms with Gasteiger partial charge in [-0.1, -0.05) is 69.5 Å². The molecule has 0 aromatic rings. The zero-order valence-corrected chi connectivity index (χ0v) is 12.8. The maximum absolute atomic E-state index is 3.86. The Balaban J connectivity index is 2.31. The second-order valence-corrected chi connectivity index (χ2v) is 6.36. The number of hydrogen-bond acceptors (Lipinski definition) is 1. The van der Waals surface area contributed by atoms with E-state index in [0.29, 0.717) is 16.7 Å². The van der Waals surface area contributed by atoms with E-state index in [9.17, 15) is 0 Å². The van der Waals surface area contributed by atoms with Gasteiger partial charge in [0.25, 0.3) is 0 Å². The van der Waals surface area contributed by atoms with Crippen molar-refractivity contribution in [3.63, 3.8) is 0 Å². The summed E-state index contributed by atoms with van der Waals surface area (Å²) in [5, 5.41) is 3.28. The summed E-state index contributed by atoms with van der Waals surface area (Å²) in [7, 11) is 0. The summed E-state index contributed by atoms with van der Waals surface area (Å²) in [6.07, 6.45) is 10.0. The molecule has 0 amide bonds. The maximum Gasteiger partial charge on any atom is 0.104 e. The summed E-state index contributed by atoms with van der Waals surface area (Å²) in [5.74, 6) is 1.14. The van der Waals surface area contributed by atoms with E-state index in [1.54, 1.807) is 0 Å². The van der Waals surface area contributed by atoms with Crippen LogP contribution in [-0.2, 0) is 0 Å². The van der Waals surface area contributed by atoms with E-state index in [4.69, 9.17) is 0 Å². The van der Waals surface area contributed by atoms with Gasteiger partial charge in [0, 0.05) is 10.7 Å². The quantitative estimate of drug-likeness (QED) is 0.586. The first-order chi connectivity index (χ1) is 7.65. The lowest BCUT2D eigenvalue weighted by molar-refractivity contribution is 0.576. The molecule has 0 radical (unpaired) electrons. The lowest BCUT2D eigenvalue weighted by atomic mass is 9.80. The van der Waals surface area contributed by atoms with Gasteiger partial charge in [0.05, 0.1) is 0 Å². The molecule has 0 spiro atoms. The molecular weight excluding hydrogens is 330 g/mol. The Kier molecular flexibility index (Phi) is 3.96. The van der Waals surface area contributed by atoms with Crippen LogP contribution in [-0.4, -0.2) is 9.78 Å². The molecule has 2 aliphatic rings. The molecule has 0 aromatic carbocycles. The molecule has 0 saturated carbocycles. The molecule has 3 heteroatoms. The van der Waals surface area contributed by atoms with E-state index in [2.05, 4.69) is 75.5 Å². The fourth-order valence-electron chi connectivity index (χ4n) is 2.25. The topological polar surface area (TPSA) is 12.0 Å². The van der Waals surface area contributed by atoms with Gasteiger partial charge >= 0.3 is 0 Å². The van der Waals surface area contributed by atoms with Crippen molar-refractivity contribution in [1.82, 2.24) is 5.32 Å². The third-order valence-corrected chi connectivity index (χ3v) is 5.40. The Morgan fingerprint density at radius 3 is 2.81 bits per heavy atom. The number of nitrogens with one attached hydrogen (secondary N) is 1. The van der Waals surface area contributed by atoms with Crippen LogP contribution < -0.4 is 5.32 Å². The molecule has 0 fully saturated rings. The summed E-state index contributed by atoms with van der Waals surface area (Å²) in [5.41, 5.74) is 2.93. The molecule has 2 rings (SSSR count). The van der Waals surface area contributed by atoms with Gasteiger partial charge in [0.2, 0.25) is 0 Å². The average Bonchev–Trinajstić information content (AvgIpc) is 2.30. The molecule has 88 valence electrons. The van der Waals surface area contributed by atoms with Crippen molar-refractivity contribution < 1.29 is 0 Å². The summed E-state index contributed by atoms with van der Waals surface area (Å²) in [6, 6.07) is 0. The number of allylic oxidation sites excluding steroid dienone is 4. The predicted octanol–water partition coefficient (Wildman–Crippen LogP) is 4.12. The fourth-order valence-corrected chi connectivity index (χ4v) is 3.94. The first-order valence-electron chi connectivity index (χ1n) is 5.77. The van der Waals surface area contributed by atoms with Crippen molar-refractivity contribution in [3.05, 3.63) is 35.6 Å². The molecule has 16 heavy (non-hydrogen) atoms. The number of fused-ring (bicyclic) bond motifs is 1. The number of alkyl halides is 2. The first kappa shape index (κ1) is 12.4. The van der Waals surface area contributed by atoms with E-state index >= 15 is 0 Å². The second kappa shape index (κ2) is 5.09. The van der Waals surface area contributed by atoms with Gasteiger partial charge < -0.3 is 5.32 Å². The molecule has 1 N–H and O–H groups in total. The molecular formula is C13H17Br2N. The highest BCUT2D eigenvalue weighted by atomic mass is 79.9. The van der Waals surface area contributed by atoms with Crippen molar-refractivity contribution in [2.75, 3.05) is 0 Å². The molecule has 0 bridgehead atoms. The lowest BCUT2D eigenvalue weighted by Crippen LogP contribution is -2.35. The SMILES string of the molecule is CCC(C)C1=CC=C2C(Br)NC=CC2C1Br. The van der Waals surface area contributed by atoms with Crippen LogP contribution in [0.2, 0.25) is 0 Å². The third kappa shape index (κ3) is 2.17. The molecule has 0 saturated heterocycles. The number of halogens is 2. The monoisotopic (exact) mass is 345 g/mol. The van der Waals surface area contributed by atoms with Crippen LogP contribution in [0.3, 0.4) is 0 Å². The predicted molar refractivity (Wildman–Crippen MR) is 76.8 cm³/mol. The van der Waals surface area contributed by atoms with Gasteiger partial charge in [-0.25, -0.2) is 0 Å². The lowest BCUT2D eigenvalue weighted by Gasteiger charge is -2.35. The van der Waals surface area contributed by atoms with E-state index in [1.807, 2.05) is 0 Å². The standard InChI is InChI=1S/C13H17Br2N/c1-3-8(2)9-4-5-11-10(12(9)14)6-7-16-13(11)15/h4-8,10,12-13,16H,3H2,1-2H3. The fraction of sp³-hybridized carbons (Fsp3) is 0.538. The molecule has 1 nitrogen and oxygen atoms in total. The van der Waals surface area contributed by atoms with Crippen LogP contribution in [0.5, 0.6) is 0 Å². The van der Waals surface area contributed by atoms with Gasteiger partial charge in [-0.2, -0.15) is 0 Å². The maximum atomic E-state index is 3.86. The largest absolute Gasteiger partial charge is 0.376 e. The summed E-state index contributed by atoms with van der Waals surface area (Å²) in [4.78, 5) is 0.720. The van der Waals surface area contributed by atoms with Crippen LogP contribution in [0.25, 0.3) is 0 Å². The first-order valence-corrected chi connectivity index (χ1v) is 7.60. The molecule has 4 unspecified atom stereocenters. The highest BCUT2D eigenvalue weighted by Gasteiger charge is 2.32. The molecule has 0 aromatic heterocycles. The highest BCUT2D eigenvalue weighted by molar-refractivity contribution is 9.10. The van der Waals surface area contributed by atoms with Crippen LogP contribution >= 0.6 is 31.9 Å². The Bertz CT molecular complexity index is 357. The van der Waals surface area contributed by atoms with Gasteiger partial charge in [-0.15, -0.1) is 0 Å². The molecule has 1 heterocycles. The number of hydrogen-bond donors (Lipinski definition) is 1. The third-order valence-electron chi connectivity index (χ3n) is 3.51. The minimum absolute atomic E-state index is 0.275. The zero-order chi connectivity index (χ0) is 11.7. The van der Waals surface area contributed by atoms with Gasteiger partial charge in [-0.05, 0) is 24.1 Å². The van der Waals surface area contributed by atoms with Crippen LogP contribution in [0, 0.1) is 11.8 Å². The van der Waals surface area contributed by atoms with Gasteiger partial charge in [-0.3, -0.25) is 0 Å². The van der Waals surface area contributed by atoms with Crippen molar-refractivity contribution in [2.45, 2.75) is 30.0 Å². The number of rotatable bonds is 2. The Morgan fingerprint density at radius 2 is 2.12 bits per heavy atom. The van der Waals surface area contributed by atoms with E-state index in [-0.39, 0.29) is 4.95 Å². The minimum atomic E-state index is 0.275. The van der Waals surface area contributed by atoms with Gasteiger partial charge in [0.15, 0.2) is 0 Å². The highest BCUT2D eigenvalue weighted by Crippen LogP contribution is 2.40. The Labute approximate surface area is 114 Å². The Hall–Kier alpha value is -0.0200. The van der Waals surface area contributed by atoms with Crippen molar-refractivity contribution in [1.29, 1.82) is 0 Å². The summed E-state index contributed by atoms with van der Waals surface area (Å²) in [6.45, 7) is 4.55. The minimum Gasteiger partial charge on any atom is -0.376 e. The second-order valence-electron chi connectivity index (χ2n) is 4.46.